The molecule has 0 aliphatic heterocycles. The Balaban J connectivity index is 3.97. The van der Waals surface area contributed by atoms with E-state index < -0.39 is 10.0 Å². The molecular weight excluding hydrogens is 188 g/mol. The molecule has 80 valence electrons. The van der Waals surface area contributed by atoms with Crippen LogP contribution in [0, 0.1) is 0 Å². The molecule has 1 atom stereocenters. The number of rotatable bonds is 7. The van der Waals surface area contributed by atoms with Crippen LogP contribution in [0.15, 0.2) is 0 Å². The van der Waals surface area contributed by atoms with Crippen LogP contribution in [0.25, 0.3) is 0 Å². The van der Waals surface area contributed by atoms with Gasteiger partial charge in [0, 0.05) is 12.6 Å². The molecule has 3 N–H and O–H groups in total. The fraction of sp³-hybridized carbons (Fsp3) is 1.00. The van der Waals surface area contributed by atoms with Gasteiger partial charge in [-0.2, -0.15) is 0 Å². The maximum atomic E-state index is 11.2. The van der Waals surface area contributed by atoms with Gasteiger partial charge in [-0.15, -0.1) is 0 Å². The minimum Gasteiger partial charge on any atom is -0.329 e. The summed E-state index contributed by atoms with van der Waals surface area (Å²) in [6.07, 6.45) is 2.89. The van der Waals surface area contributed by atoms with E-state index in [1.54, 1.807) is 6.92 Å². The molecule has 0 unspecified atom stereocenters. The highest BCUT2D eigenvalue weighted by molar-refractivity contribution is 7.89. The first kappa shape index (κ1) is 12.9. The van der Waals surface area contributed by atoms with Gasteiger partial charge in [0.1, 0.15) is 0 Å². The molecule has 0 fully saturated rings. The minimum absolute atomic E-state index is 0.0927. The van der Waals surface area contributed by atoms with Crippen molar-refractivity contribution >= 4 is 10.0 Å². The van der Waals surface area contributed by atoms with E-state index in [1.807, 2.05) is 0 Å². The molecule has 0 aliphatic rings. The lowest BCUT2D eigenvalue weighted by Gasteiger charge is -2.15. The van der Waals surface area contributed by atoms with Gasteiger partial charge in [0.05, 0.1) is 5.75 Å². The Labute approximate surface area is 80.9 Å². The van der Waals surface area contributed by atoms with Crippen LogP contribution in [0.5, 0.6) is 0 Å². The summed E-state index contributed by atoms with van der Waals surface area (Å²) < 4.78 is 24.9. The second kappa shape index (κ2) is 6.34. The van der Waals surface area contributed by atoms with Crippen LogP contribution < -0.4 is 10.5 Å². The van der Waals surface area contributed by atoms with E-state index in [1.165, 1.54) is 0 Å². The Morgan fingerprint density at radius 1 is 1.38 bits per heavy atom. The Morgan fingerprint density at radius 2 is 2.00 bits per heavy atom. The quantitative estimate of drug-likeness (QED) is 0.638. The summed E-state index contributed by atoms with van der Waals surface area (Å²) in [7, 11) is -3.09. The molecule has 5 heteroatoms. The van der Waals surface area contributed by atoms with E-state index >= 15 is 0 Å². The van der Waals surface area contributed by atoms with Gasteiger partial charge >= 0.3 is 0 Å². The number of nitrogens with one attached hydrogen (secondary N) is 1. The average molecular weight is 208 g/mol. The zero-order chi connectivity index (χ0) is 10.3. The smallest absolute Gasteiger partial charge is 0.211 e. The predicted octanol–water partition coefficient (Wildman–Crippen LogP) is 0.443. The van der Waals surface area contributed by atoms with Crippen LogP contribution in [0.1, 0.15) is 33.1 Å². The number of hydrogen-bond acceptors (Lipinski definition) is 3. The first-order valence-corrected chi connectivity index (χ1v) is 6.41. The largest absolute Gasteiger partial charge is 0.329 e. The maximum absolute atomic E-state index is 11.2. The fourth-order valence-electron chi connectivity index (χ4n) is 1.01. The summed E-state index contributed by atoms with van der Waals surface area (Å²) >= 11 is 0. The van der Waals surface area contributed by atoms with E-state index in [0.717, 1.165) is 19.3 Å². The molecule has 0 aromatic rings. The van der Waals surface area contributed by atoms with Gasteiger partial charge in [-0.3, -0.25) is 0 Å². The molecule has 0 saturated heterocycles. The zero-order valence-electron chi connectivity index (χ0n) is 8.41. The second-order valence-corrected chi connectivity index (χ2v) is 5.14. The Kier molecular flexibility index (Phi) is 6.28. The zero-order valence-corrected chi connectivity index (χ0v) is 9.23. The molecule has 4 nitrogen and oxygen atoms in total. The van der Waals surface area contributed by atoms with Crippen LogP contribution >= 0.6 is 0 Å². The van der Waals surface area contributed by atoms with Crippen molar-refractivity contribution in [2.75, 3.05) is 12.3 Å². The molecule has 0 saturated carbocycles. The summed E-state index contributed by atoms with van der Waals surface area (Å²) in [5.74, 6) is 0.121. The lowest BCUT2D eigenvalue weighted by Crippen LogP contribution is -2.40. The van der Waals surface area contributed by atoms with Gasteiger partial charge in [-0.25, -0.2) is 13.1 Å². The summed E-state index contributed by atoms with van der Waals surface area (Å²) in [4.78, 5) is 0. The molecular formula is C8H20N2O2S. The summed E-state index contributed by atoms with van der Waals surface area (Å²) in [6.45, 7) is 4.07. The molecule has 0 aromatic carbocycles. The molecule has 0 aromatic heterocycles. The molecule has 0 radical (unpaired) electrons. The second-order valence-electron chi connectivity index (χ2n) is 3.10. The van der Waals surface area contributed by atoms with Gasteiger partial charge in [0.2, 0.25) is 10.0 Å². The molecule has 0 aliphatic carbocycles. The van der Waals surface area contributed by atoms with Crippen molar-refractivity contribution in [2.45, 2.75) is 39.2 Å². The minimum atomic E-state index is -3.09. The number of nitrogens with two attached hydrogens (primary N) is 1. The third-order valence-electron chi connectivity index (χ3n) is 1.92. The lowest BCUT2D eigenvalue weighted by atomic mass is 10.1. The van der Waals surface area contributed by atoms with E-state index in [9.17, 15) is 8.42 Å². The van der Waals surface area contributed by atoms with Gasteiger partial charge in [-0.05, 0) is 13.3 Å². The van der Waals surface area contributed by atoms with Gasteiger partial charge in [0.15, 0.2) is 0 Å². The van der Waals surface area contributed by atoms with Crippen LogP contribution in [0.2, 0.25) is 0 Å². The van der Waals surface area contributed by atoms with E-state index in [4.69, 9.17) is 5.73 Å². The molecule has 13 heavy (non-hydrogen) atoms. The third kappa shape index (κ3) is 6.01. The summed E-state index contributed by atoms with van der Waals surface area (Å²) in [5.41, 5.74) is 5.45. The number of unbranched alkanes of at least 4 members (excludes halogenated alkanes) is 1. The Hall–Kier alpha value is -0.130. The average Bonchev–Trinajstić information content (AvgIpc) is 2.12. The Bertz CT molecular complexity index is 214. The van der Waals surface area contributed by atoms with Crippen LogP contribution in [0.3, 0.4) is 0 Å². The van der Waals surface area contributed by atoms with Crippen molar-refractivity contribution in [2.24, 2.45) is 5.73 Å². The monoisotopic (exact) mass is 208 g/mol. The summed E-state index contributed by atoms with van der Waals surface area (Å²) in [6, 6.07) is -0.0927. The standard InChI is InChI=1S/C8H20N2O2S/c1-3-5-6-8(7-9)10-13(11,12)4-2/h8,10H,3-7,9H2,1-2H3/t8-/m1/s1. The maximum Gasteiger partial charge on any atom is 0.211 e. The third-order valence-corrected chi connectivity index (χ3v) is 3.37. The van der Waals surface area contributed by atoms with E-state index in [-0.39, 0.29) is 11.8 Å². The highest BCUT2D eigenvalue weighted by Crippen LogP contribution is 2.00. The Morgan fingerprint density at radius 3 is 2.38 bits per heavy atom. The van der Waals surface area contributed by atoms with E-state index in [2.05, 4.69) is 11.6 Å². The van der Waals surface area contributed by atoms with Crippen molar-refractivity contribution in [3.8, 4) is 0 Å². The van der Waals surface area contributed by atoms with Crippen molar-refractivity contribution in [1.82, 2.24) is 4.72 Å². The molecule has 0 heterocycles. The topological polar surface area (TPSA) is 72.2 Å². The predicted molar refractivity (Wildman–Crippen MR) is 55.0 cm³/mol. The van der Waals surface area contributed by atoms with Crippen molar-refractivity contribution < 1.29 is 8.42 Å². The van der Waals surface area contributed by atoms with Crippen molar-refractivity contribution in [3.63, 3.8) is 0 Å². The van der Waals surface area contributed by atoms with Crippen LogP contribution in [-0.4, -0.2) is 26.8 Å². The normalized spacial score (nSPS) is 14.4. The van der Waals surface area contributed by atoms with Gasteiger partial charge in [-0.1, -0.05) is 19.8 Å². The number of hydrogen-bond donors (Lipinski definition) is 2. The first-order chi connectivity index (χ1) is 6.05. The fourth-order valence-corrected chi connectivity index (χ4v) is 1.90. The summed E-state index contributed by atoms with van der Waals surface area (Å²) in [5, 5.41) is 0. The van der Waals surface area contributed by atoms with Gasteiger partial charge in [0.25, 0.3) is 0 Å². The van der Waals surface area contributed by atoms with Crippen LogP contribution in [-0.2, 0) is 10.0 Å². The molecule has 0 bridgehead atoms. The SMILES string of the molecule is CCCC[C@H](CN)NS(=O)(=O)CC. The van der Waals surface area contributed by atoms with Crippen molar-refractivity contribution in [1.29, 1.82) is 0 Å². The highest BCUT2D eigenvalue weighted by atomic mass is 32.2. The highest BCUT2D eigenvalue weighted by Gasteiger charge is 2.13. The van der Waals surface area contributed by atoms with Crippen molar-refractivity contribution in [3.05, 3.63) is 0 Å². The molecule has 0 spiro atoms. The molecule has 0 amide bonds. The van der Waals surface area contributed by atoms with Gasteiger partial charge < -0.3 is 5.73 Å². The number of sulfonamides is 1. The first-order valence-electron chi connectivity index (χ1n) is 4.75. The lowest BCUT2D eigenvalue weighted by molar-refractivity contribution is 0.517. The molecule has 0 rings (SSSR count). The van der Waals surface area contributed by atoms with Crippen LogP contribution in [0.4, 0.5) is 0 Å². The van der Waals surface area contributed by atoms with E-state index in [0.29, 0.717) is 6.54 Å².